The van der Waals surface area contributed by atoms with Gasteiger partial charge in [-0.2, -0.15) is 0 Å². The molecule has 0 saturated carbocycles. The second-order valence-electron chi connectivity index (χ2n) is 6.12. The number of halogens is 1. The standard InChI is InChI=1S/C19H27FO3/c1-3-8-15(2)9-6-4-5-7-10-18(21)23-19(22)16-11-13-17(20)14-12-16/h11-15H,3-10H2,1-2H3. The van der Waals surface area contributed by atoms with E-state index >= 15 is 0 Å². The highest BCUT2D eigenvalue weighted by Crippen LogP contribution is 2.15. The van der Waals surface area contributed by atoms with Crippen LogP contribution in [0.5, 0.6) is 0 Å². The van der Waals surface area contributed by atoms with E-state index in [9.17, 15) is 14.0 Å². The number of esters is 2. The Bertz CT molecular complexity index is 482. The molecule has 0 N–H and O–H groups in total. The van der Waals surface area contributed by atoms with Gasteiger partial charge in [0.1, 0.15) is 5.82 Å². The van der Waals surface area contributed by atoms with Crippen molar-refractivity contribution in [2.24, 2.45) is 5.92 Å². The maximum Gasteiger partial charge on any atom is 0.345 e. The predicted octanol–water partition coefficient (Wildman–Crippen LogP) is 5.29. The van der Waals surface area contributed by atoms with Gasteiger partial charge in [-0.15, -0.1) is 0 Å². The Balaban J connectivity index is 2.12. The molecule has 1 atom stereocenters. The van der Waals surface area contributed by atoms with Crippen molar-refractivity contribution in [1.29, 1.82) is 0 Å². The monoisotopic (exact) mass is 322 g/mol. The predicted molar refractivity (Wildman–Crippen MR) is 88.6 cm³/mol. The van der Waals surface area contributed by atoms with Gasteiger partial charge >= 0.3 is 11.9 Å². The first-order valence-corrected chi connectivity index (χ1v) is 8.53. The Hall–Kier alpha value is -1.71. The molecule has 0 saturated heterocycles. The van der Waals surface area contributed by atoms with E-state index in [2.05, 4.69) is 13.8 Å². The van der Waals surface area contributed by atoms with Crippen molar-refractivity contribution in [2.45, 2.75) is 65.2 Å². The lowest BCUT2D eigenvalue weighted by molar-refractivity contribution is -0.138. The van der Waals surface area contributed by atoms with Crippen molar-refractivity contribution >= 4 is 11.9 Å². The van der Waals surface area contributed by atoms with Crippen LogP contribution in [0.1, 0.15) is 75.6 Å². The Morgan fingerprint density at radius 3 is 2.35 bits per heavy atom. The summed E-state index contributed by atoms with van der Waals surface area (Å²) in [6.07, 6.45) is 7.99. The maximum absolute atomic E-state index is 12.8. The third-order valence-corrected chi connectivity index (χ3v) is 3.90. The number of carbonyl (C=O) groups is 2. The van der Waals surface area contributed by atoms with E-state index in [0.29, 0.717) is 0 Å². The van der Waals surface area contributed by atoms with Crippen molar-refractivity contribution in [3.8, 4) is 0 Å². The van der Waals surface area contributed by atoms with Gasteiger partial charge in [0.15, 0.2) is 0 Å². The normalized spacial score (nSPS) is 12.0. The molecule has 0 bridgehead atoms. The molecule has 1 aromatic carbocycles. The molecule has 0 heterocycles. The minimum Gasteiger partial charge on any atom is -0.389 e. The van der Waals surface area contributed by atoms with Crippen LogP contribution in [-0.4, -0.2) is 11.9 Å². The highest BCUT2D eigenvalue weighted by Gasteiger charge is 2.12. The topological polar surface area (TPSA) is 43.4 Å². The first kappa shape index (κ1) is 19.3. The van der Waals surface area contributed by atoms with Crippen LogP contribution in [0.25, 0.3) is 0 Å². The SMILES string of the molecule is CCCC(C)CCCCCCC(=O)OC(=O)c1ccc(F)cc1. The van der Waals surface area contributed by atoms with Crippen LogP contribution in [0.15, 0.2) is 24.3 Å². The molecule has 128 valence electrons. The van der Waals surface area contributed by atoms with Gasteiger partial charge in [0, 0.05) is 6.42 Å². The average molecular weight is 322 g/mol. The Morgan fingerprint density at radius 1 is 1.04 bits per heavy atom. The van der Waals surface area contributed by atoms with Crippen LogP contribution in [0, 0.1) is 11.7 Å². The third kappa shape index (κ3) is 8.48. The van der Waals surface area contributed by atoms with Crippen LogP contribution >= 0.6 is 0 Å². The molecule has 0 fully saturated rings. The van der Waals surface area contributed by atoms with E-state index in [1.807, 2.05) is 0 Å². The van der Waals surface area contributed by atoms with Crippen LogP contribution in [-0.2, 0) is 9.53 Å². The van der Waals surface area contributed by atoms with Crippen LogP contribution < -0.4 is 0 Å². The quantitative estimate of drug-likeness (QED) is 0.334. The molecule has 1 rings (SSSR count). The fourth-order valence-corrected chi connectivity index (χ4v) is 2.55. The van der Waals surface area contributed by atoms with Crippen molar-refractivity contribution in [3.05, 3.63) is 35.6 Å². The first-order chi connectivity index (χ1) is 11.0. The second-order valence-corrected chi connectivity index (χ2v) is 6.12. The van der Waals surface area contributed by atoms with Crippen LogP contribution in [0.2, 0.25) is 0 Å². The number of unbranched alkanes of at least 4 members (excludes halogenated alkanes) is 3. The zero-order valence-corrected chi connectivity index (χ0v) is 14.1. The summed E-state index contributed by atoms with van der Waals surface area (Å²) in [6.45, 7) is 4.48. The smallest absolute Gasteiger partial charge is 0.345 e. The highest BCUT2D eigenvalue weighted by atomic mass is 19.1. The molecule has 0 amide bonds. The summed E-state index contributed by atoms with van der Waals surface area (Å²) in [4.78, 5) is 23.3. The summed E-state index contributed by atoms with van der Waals surface area (Å²) in [5, 5.41) is 0. The number of rotatable bonds is 10. The van der Waals surface area contributed by atoms with Gasteiger partial charge in [-0.1, -0.05) is 52.4 Å². The summed E-state index contributed by atoms with van der Waals surface area (Å²) in [7, 11) is 0. The van der Waals surface area contributed by atoms with Gasteiger partial charge in [0.2, 0.25) is 0 Å². The molecular formula is C19H27FO3. The molecule has 1 aromatic rings. The fourth-order valence-electron chi connectivity index (χ4n) is 2.55. The van der Waals surface area contributed by atoms with E-state index < -0.39 is 17.8 Å². The molecule has 0 radical (unpaired) electrons. The molecule has 1 unspecified atom stereocenters. The molecule has 4 heteroatoms. The molecule has 0 spiro atoms. The maximum atomic E-state index is 12.8. The van der Waals surface area contributed by atoms with Gasteiger partial charge in [0.25, 0.3) is 0 Å². The van der Waals surface area contributed by atoms with Crippen LogP contribution in [0.3, 0.4) is 0 Å². The number of hydrogen-bond acceptors (Lipinski definition) is 3. The summed E-state index contributed by atoms with van der Waals surface area (Å²) >= 11 is 0. The Labute approximate surface area is 138 Å². The Kier molecular flexibility index (Phi) is 9.18. The largest absolute Gasteiger partial charge is 0.389 e. The first-order valence-electron chi connectivity index (χ1n) is 8.53. The molecule has 0 aromatic heterocycles. The number of hydrogen-bond donors (Lipinski definition) is 0. The minimum atomic E-state index is -0.719. The molecular weight excluding hydrogens is 295 g/mol. The number of benzene rings is 1. The van der Waals surface area contributed by atoms with Crippen LogP contribution in [0.4, 0.5) is 4.39 Å². The minimum absolute atomic E-state index is 0.185. The van der Waals surface area contributed by atoms with E-state index in [0.717, 1.165) is 25.2 Å². The lowest BCUT2D eigenvalue weighted by Gasteiger charge is -2.09. The van der Waals surface area contributed by atoms with Crippen molar-refractivity contribution in [1.82, 2.24) is 0 Å². The molecule has 0 aliphatic carbocycles. The van der Waals surface area contributed by atoms with E-state index in [1.165, 1.54) is 49.9 Å². The Morgan fingerprint density at radius 2 is 1.70 bits per heavy atom. The lowest BCUT2D eigenvalue weighted by atomic mass is 9.98. The molecule has 0 aliphatic rings. The number of ether oxygens (including phenoxy) is 1. The molecule has 0 aliphatic heterocycles. The van der Waals surface area contributed by atoms with Gasteiger partial charge in [0.05, 0.1) is 5.56 Å². The molecule has 3 nitrogen and oxygen atoms in total. The van der Waals surface area contributed by atoms with E-state index in [-0.39, 0.29) is 12.0 Å². The fraction of sp³-hybridized carbons (Fsp3) is 0.579. The average Bonchev–Trinajstić information content (AvgIpc) is 2.51. The number of carbonyl (C=O) groups excluding carboxylic acids is 2. The van der Waals surface area contributed by atoms with E-state index in [4.69, 9.17) is 4.74 Å². The zero-order valence-electron chi connectivity index (χ0n) is 14.1. The third-order valence-electron chi connectivity index (χ3n) is 3.90. The van der Waals surface area contributed by atoms with Gasteiger partial charge < -0.3 is 4.74 Å². The second kappa shape index (κ2) is 10.9. The van der Waals surface area contributed by atoms with Gasteiger partial charge in [-0.3, -0.25) is 4.79 Å². The summed E-state index contributed by atoms with van der Waals surface area (Å²) in [6, 6.07) is 4.95. The summed E-state index contributed by atoms with van der Waals surface area (Å²) < 4.78 is 17.5. The van der Waals surface area contributed by atoms with E-state index in [1.54, 1.807) is 0 Å². The van der Waals surface area contributed by atoms with Crippen molar-refractivity contribution in [3.63, 3.8) is 0 Å². The summed E-state index contributed by atoms with van der Waals surface area (Å²) in [5.41, 5.74) is 0.185. The molecule has 23 heavy (non-hydrogen) atoms. The lowest BCUT2D eigenvalue weighted by Crippen LogP contribution is -2.12. The summed E-state index contributed by atoms with van der Waals surface area (Å²) in [5.74, 6) is -0.888. The van der Waals surface area contributed by atoms with Crippen molar-refractivity contribution < 1.29 is 18.7 Å². The van der Waals surface area contributed by atoms with Crippen molar-refractivity contribution in [2.75, 3.05) is 0 Å². The van der Waals surface area contributed by atoms with Gasteiger partial charge in [-0.05, 0) is 36.6 Å². The zero-order chi connectivity index (χ0) is 17.1. The van der Waals surface area contributed by atoms with Gasteiger partial charge in [-0.25, -0.2) is 9.18 Å². The highest BCUT2D eigenvalue weighted by molar-refractivity contribution is 5.96.